The van der Waals surface area contributed by atoms with Gasteiger partial charge in [-0.05, 0) is 86.9 Å². The zero-order chi connectivity index (χ0) is 72.8. The number of carbonyl (C=O) groups excluding carboxylic acids is 11. The number of Topliss-reactive ketones (excluding diaryl/α,β-unsaturated/α-hetero) is 3. The summed E-state index contributed by atoms with van der Waals surface area (Å²) in [6.45, 7) is 32.7. The number of amides is 7. The largest absolute Gasteiger partial charge is 0.480 e. The fourth-order valence-electron chi connectivity index (χ4n) is 12.2. The van der Waals surface area contributed by atoms with Crippen molar-refractivity contribution >= 4 is 80.5 Å². The Labute approximate surface area is 557 Å². The number of hydrogen-bond donors (Lipinski definition) is 2. The number of rotatable bonds is 42. The van der Waals surface area contributed by atoms with Crippen LogP contribution in [0.3, 0.4) is 0 Å². The summed E-state index contributed by atoms with van der Waals surface area (Å²) in [5.41, 5.74) is 0. The van der Waals surface area contributed by atoms with Gasteiger partial charge in [0.15, 0.2) is 11.6 Å². The molecule has 0 aromatic heterocycles. The molecule has 0 heterocycles. The Balaban J connectivity index is 7.12. The second-order valence-electron chi connectivity index (χ2n) is 28.4. The summed E-state index contributed by atoms with van der Waals surface area (Å²) in [6.07, 6.45) is 3.77. The average molecular weight is 1340 g/mol. The van der Waals surface area contributed by atoms with Gasteiger partial charge in [-0.25, -0.2) is 13.2 Å². The Kier molecular flexibility index (Phi) is 37.1. The molecule has 0 unspecified atom stereocenters. The van der Waals surface area contributed by atoms with Crippen LogP contribution in [-0.4, -0.2) is 216 Å². The number of sulfone groups is 1. The summed E-state index contributed by atoms with van der Waals surface area (Å²) in [4.78, 5) is 177. The minimum atomic E-state index is -3.57. The minimum absolute atomic E-state index is 0.00197. The van der Waals surface area contributed by atoms with Gasteiger partial charge in [-0.3, -0.25) is 52.7 Å². The van der Waals surface area contributed by atoms with Crippen LogP contribution < -0.4 is 5.32 Å². The normalized spacial score (nSPS) is 16.5. The zero-order valence-corrected chi connectivity index (χ0v) is 62.2. The van der Waals surface area contributed by atoms with E-state index in [1.807, 2.05) is 48.5 Å². The van der Waals surface area contributed by atoms with Gasteiger partial charge in [0.05, 0.1) is 17.8 Å². The van der Waals surface area contributed by atoms with Crippen molar-refractivity contribution in [3.63, 3.8) is 0 Å². The van der Waals surface area contributed by atoms with Crippen molar-refractivity contribution in [3.8, 4) is 0 Å². The van der Waals surface area contributed by atoms with Crippen LogP contribution in [0.2, 0.25) is 0 Å². The molecule has 0 saturated carbocycles. The van der Waals surface area contributed by atoms with E-state index in [0.717, 1.165) is 18.1 Å². The summed E-state index contributed by atoms with van der Waals surface area (Å²) < 4.78 is 30.7. The van der Waals surface area contributed by atoms with Gasteiger partial charge in [0.1, 0.15) is 51.9 Å². The van der Waals surface area contributed by atoms with Crippen molar-refractivity contribution in [2.45, 2.75) is 238 Å². The smallest absolute Gasteiger partial charge is 0.326 e. The Hall–Kier alpha value is -6.07. The van der Waals surface area contributed by atoms with E-state index in [0.29, 0.717) is 12.8 Å². The highest BCUT2D eigenvalue weighted by molar-refractivity contribution is 7.90. The second-order valence-corrected chi connectivity index (χ2v) is 30.6. The Morgan fingerprint density at radius 1 is 0.484 bits per heavy atom. The molecule has 0 aromatic carbocycles. The maximum atomic E-state index is 15.1. The topological polar surface area (TPSA) is 300 Å². The van der Waals surface area contributed by atoms with Crippen molar-refractivity contribution in [3.05, 3.63) is 12.2 Å². The van der Waals surface area contributed by atoms with Gasteiger partial charge in [-0.1, -0.05) is 130 Å². The molecule has 0 saturated heterocycles. The lowest BCUT2D eigenvalue weighted by Crippen LogP contribution is -2.63. The lowest BCUT2D eigenvalue weighted by Gasteiger charge is -2.42. The summed E-state index contributed by atoms with van der Waals surface area (Å²) in [5.74, 6) is -14.1. The number of allylic oxidation sites excluding steroid dienone is 2. The van der Waals surface area contributed by atoms with Gasteiger partial charge in [-0.2, -0.15) is 0 Å². The maximum Gasteiger partial charge on any atom is 0.326 e. The van der Waals surface area contributed by atoms with E-state index in [-0.39, 0.29) is 74.4 Å². The summed E-state index contributed by atoms with van der Waals surface area (Å²) in [6, 6.07) is -8.64. The van der Waals surface area contributed by atoms with E-state index in [1.54, 1.807) is 88.3 Å². The molecule has 0 aliphatic carbocycles. The lowest BCUT2D eigenvalue weighted by molar-refractivity contribution is -0.164. The van der Waals surface area contributed by atoms with Crippen molar-refractivity contribution in [1.29, 1.82) is 0 Å². The number of aliphatic carboxylic acids is 1. The fourth-order valence-corrected chi connectivity index (χ4v) is 13.3. The van der Waals surface area contributed by atoms with Crippen molar-refractivity contribution in [2.75, 3.05) is 54.3 Å². The molecule has 0 radical (unpaired) electrons. The predicted octanol–water partition coefficient (Wildman–Crippen LogP) is 7.40. The number of esters is 1. The first kappa shape index (κ1) is 86.9. The first-order valence-electron chi connectivity index (χ1n) is 33.4. The quantitative estimate of drug-likeness (QED) is 0.0444. The van der Waals surface area contributed by atoms with Crippen LogP contribution >= 0.6 is 0 Å². The van der Waals surface area contributed by atoms with Crippen LogP contribution in [0.25, 0.3) is 0 Å². The van der Waals surface area contributed by atoms with E-state index in [2.05, 4.69) is 5.32 Å². The molecule has 2 N–H and O–H groups in total. The highest BCUT2D eigenvalue weighted by Crippen LogP contribution is 2.30. The standard InChI is InChI=1S/C69H121N7O16S/c1-27-30-31-45(15)61(92-49(19)77)60(62(81)70-51(29-3)69(88)89)76(25)68(87)58(43(12)13)74(23)67(86)54(34-41(8)9)73(22)66(85)53(33-40(6)7)72(21)64(83)47(17)36-55(78)46(16)35-56(79)52(32-39(4)5)71(20)65(84)50(42(10)11)37-57(80)59(48(18)38-93(26,90)91)75(24)63(82)44(14)28-2/h27,30,39-48,50-54,58-61H,28-29,31-38H2,1-26H3,(H,70,81)(H,88,89)/b30-27+/t44-,45+,46+,47-,48+,50-,51-,52-,53-,54-,58-,59-,60-,61+/m0/s1. The number of ether oxygens (including phenoxy) is 1. The number of nitrogens with one attached hydrogen (secondary N) is 1. The van der Waals surface area contributed by atoms with E-state index < -0.39 is 170 Å². The molecule has 0 spiro atoms. The van der Waals surface area contributed by atoms with E-state index in [9.17, 15) is 56.7 Å². The maximum absolute atomic E-state index is 15.1. The first-order chi connectivity index (χ1) is 42.7. The number of likely N-dealkylation sites (N-methyl/N-ethyl adjacent to an activating group) is 6. The van der Waals surface area contributed by atoms with Crippen LogP contribution in [-0.2, 0) is 72.1 Å². The Morgan fingerprint density at radius 3 is 1.33 bits per heavy atom. The number of carbonyl (C=O) groups is 12. The molecule has 7 amide bonds. The average Bonchev–Trinajstić information content (AvgIpc) is 0.828. The number of hydrogen-bond acceptors (Lipinski definition) is 15. The number of carboxylic acids is 1. The van der Waals surface area contributed by atoms with Crippen molar-refractivity contribution < 1.29 is 75.8 Å². The number of nitrogens with zero attached hydrogens (tertiary/aromatic N) is 6. The zero-order valence-electron chi connectivity index (χ0n) is 61.4. The Morgan fingerprint density at radius 2 is 0.914 bits per heavy atom. The number of ketones is 3. The molecule has 0 fully saturated rings. The van der Waals surface area contributed by atoms with Crippen LogP contribution in [0.15, 0.2) is 12.2 Å². The van der Waals surface area contributed by atoms with Gasteiger partial charge in [0.2, 0.25) is 41.4 Å². The van der Waals surface area contributed by atoms with Crippen LogP contribution in [0.1, 0.15) is 189 Å². The SMILES string of the molecule is C/C=C/C[C@@H](C)[C@@H](OC(C)=O)[C@@H](C(=O)N[C@@H](CC)C(=O)O)N(C)C(=O)[C@H](C(C)C)N(C)C(=O)[C@H](CC(C)C)N(C)C(=O)[C@H](CC(C)C)N(C)C(=O)[C@@H](C)CC(=O)[C@H](C)CC(=O)[C@H](CC(C)C)N(C)C(=O)[C@@H](CC(=O)[C@H]([C@H](C)CS(C)(=O)=O)N(C)C(=O)[C@@H](C)CC)C(C)C. The van der Waals surface area contributed by atoms with E-state index >= 15 is 14.4 Å². The Bertz CT molecular complexity index is 2690. The molecule has 23 nitrogen and oxygen atoms in total. The molecule has 0 aliphatic heterocycles. The molecule has 14 atom stereocenters. The van der Waals surface area contributed by atoms with Crippen LogP contribution in [0.5, 0.6) is 0 Å². The predicted molar refractivity (Wildman–Crippen MR) is 360 cm³/mol. The van der Waals surface area contributed by atoms with E-state index in [1.165, 1.54) is 66.8 Å². The molecule has 24 heteroatoms. The monoisotopic (exact) mass is 1340 g/mol. The van der Waals surface area contributed by atoms with Gasteiger partial charge in [0.25, 0.3) is 0 Å². The molecule has 0 bridgehead atoms. The van der Waals surface area contributed by atoms with Crippen LogP contribution in [0, 0.1) is 65.1 Å². The molecule has 534 valence electrons. The molecule has 0 rings (SSSR count). The molecule has 0 aromatic rings. The first-order valence-corrected chi connectivity index (χ1v) is 35.4. The molecule has 0 aliphatic rings. The summed E-state index contributed by atoms with van der Waals surface area (Å²) in [7, 11) is 5.05. The summed E-state index contributed by atoms with van der Waals surface area (Å²) >= 11 is 0. The summed E-state index contributed by atoms with van der Waals surface area (Å²) in [5, 5.41) is 12.4. The molecular formula is C69H121N7O16S. The van der Waals surface area contributed by atoms with Crippen LogP contribution in [0.4, 0.5) is 0 Å². The third-order valence-corrected chi connectivity index (χ3v) is 19.0. The molecular weight excluding hydrogens is 1210 g/mol. The highest BCUT2D eigenvalue weighted by atomic mass is 32.2. The van der Waals surface area contributed by atoms with Crippen molar-refractivity contribution in [2.24, 2.45) is 65.1 Å². The van der Waals surface area contributed by atoms with Crippen molar-refractivity contribution in [1.82, 2.24) is 34.7 Å². The lowest BCUT2D eigenvalue weighted by atomic mass is 9.83. The van der Waals surface area contributed by atoms with E-state index in [4.69, 9.17) is 4.74 Å². The number of carboxylic acid groups (broad SMARTS) is 1. The second kappa shape index (κ2) is 39.7. The third kappa shape index (κ3) is 26.6. The molecule has 93 heavy (non-hydrogen) atoms. The highest BCUT2D eigenvalue weighted by Gasteiger charge is 2.47. The fraction of sp³-hybridized carbons (Fsp3) is 0.797. The van der Waals surface area contributed by atoms with Gasteiger partial charge in [0, 0.05) is 98.4 Å². The van der Waals surface area contributed by atoms with Gasteiger partial charge >= 0.3 is 11.9 Å². The van der Waals surface area contributed by atoms with Gasteiger partial charge < -0.3 is 44.6 Å². The third-order valence-electron chi connectivity index (χ3n) is 17.9. The minimum Gasteiger partial charge on any atom is -0.480 e. The van der Waals surface area contributed by atoms with Gasteiger partial charge in [-0.15, -0.1) is 0 Å².